The molecule has 11 heteroatoms. The highest BCUT2D eigenvalue weighted by Crippen LogP contribution is 2.45. The number of halogens is 2. The van der Waals surface area contributed by atoms with Gasteiger partial charge in [-0.1, -0.05) is 23.2 Å². The molecule has 1 saturated heterocycles. The lowest BCUT2D eigenvalue weighted by Gasteiger charge is -2.48. The topological polar surface area (TPSA) is 80.6 Å². The molecule has 2 aliphatic heterocycles. The normalized spacial score (nSPS) is 15.7. The number of amides is 1. The van der Waals surface area contributed by atoms with Gasteiger partial charge in [-0.15, -0.1) is 11.3 Å². The van der Waals surface area contributed by atoms with E-state index in [0.29, 0.717) is 29.7 Å². The number of benzene rings is 1. The van der Waals surface area contributed by atoms with Crippen molar-refractivity contribution in [3.8, 4) is 11.1 Å². The maximum absolute atomic E-state index is 12.6. The Morgan fingerprint density at radius 1 is 1.12 bits per heavy atom. The number of thiophene rings is 1. The van der Waals surface area contributed by atoms with Crippen molar-refractivity contribution in [2.75, 3.05) is 24.5 Å². The summed E-state index contributed by atoms with van der Waals surface area (Å²) in [6.45, 7) is 8.13. The van der Waals surface area contributed by atoms with Gasteiger partial charge in [0.15, 0.2) is 0 Å². The number of rotatable bonds is 4. The summed E-state index contributed by atoms with van der Waals surface area (Å²) >= 11 is 14.2. The standard InChI is InChI=1S/C29H29Cl2N5O3S/c1-29(2,3)39-28(38)34-14-20(15-34)35-8-4-5-17-9-18(30)10-23(26(17)35)22-6-7-32-24-12-21(40-27(22)24)16-36-25(37)11-19(31)13-33-36/h6-7,9-13,20H,4-5,8,14-16H2,1-3H3. The van der Waals surface area contributed by atoms with Crippen molar-refractivity contribution in [2.45, 2.75) is 51.8 Å². The quantitative estimate of drug-likeness (QED) is 0.277. The number of pyridine rings is 1. The van der Waals surface area contributed by atoms with Gasteiger partial charge in [-0.05, 0) is 63.4 Å². The zero-order chi connectivity index (χ0) is 28.2. The Labute approximate surface area is 246 Å². The lowest BCUT2D eigenvalue weighted by molar-refractivity contribution is 0.00802. The molecule has 40 heavy (non-hydrogen) atoms. The van der Waals surface area contributed by atoms with Gasteiger partial charge >= 0.3 is 6.09 Å². The number of ether oxygens (including phenoxy) is 1. The van der Waals surface area contributed by atoms with E-state index in [1.54, 1.807) is 16.2 Å². The van der Waals surface area contributed by atoms with Crippen LogP contribution in [0.3, 0.4) is 0 Å². The van der Waals surface area contributed by atoms with E-state index >= 15 is 0 Å². The van der Waals surface area contributed by atoms with E-state index in [0.717, 1.165) is 45.6 Å². The summed E-state index contributed by atoms with van der Waals surface area (Å²) in [5.41, 5.74) is 4.57. The molecule has 0 radical (unpaired) electrons. The maximum atomic E-state index is 12.6. The van der Waals surface area contributed by atoms with Crippen LogP contribution in [0.5, 0.6) is 0 Å². The van der Waals surface area contributed by atoms with Crippen LogP contribution in [-0.2, 0) is 17.7 Å². The Balaban J connectivity index is 1.35. The lowest BCUT2D eigenvalue weighted by atomic mass is 9.91. The van der Waals surface area contributed by atoms with Gasteiger partial charge in [0, 0.05) is 58.6 Å². The summed E-state index contributed by atoms with van der Waals surface area (Å²) in [6, 6.07) is 9.69. The second-order valence-corrected chi connectivity index (χ2v) is 13.3. The van der Waals surface area contributed by atoms with Crippen LogP contribution in [0.4, 0.5) is 10.5 Å². The van der Waals surface area contributed by atoms with Gasteiger partial charge in [0.1, 0.15) is 5.60 Å². The molecular weight excluding hydrogens is 569 g/mol. The first kappa shape index (κ1) is 27.1. The summed E-state index contributed by atoms with van der Waals surface area (Å²) < 4.78 is 8.00. The zero-order valence-corrected chi connectivity index (χ0v) is 24.8. The van der Waals surface area contributed by atoms with Crippen molar-refractivity contribution in [1.29, 1.82) is 0 Å². The highest BCUT2D eigenvalue weighted by Gasteiger charge is 2.39. The Hall–Kier alpha value is -3.14. The minimum Gasteiger partial charge on any atom is -0.444 e. The van der Waals surface area contributed by atoms with Crippen molar-refractivity contribution >= 4 is 56.5 Å². The summed E-state index contributed by atoms with van der Waals surface area (Å²) in [7, 11) is 0. The first-order valence-corrected chi connectivity index (χ1v) is 14.8. The minimum absolute atomic E-state index is 0.200. The van der Waals surface area contributed by atoms with Gasteiger partial charge in [-0.25, -0.2) is 9.48 Å². The molecule has 0 unspecified atom stereocenters. The zero-order valence-electron chi connectivity index (χ0n) is 22.5. The fourth-order valence-electron chi connectivity index (χ4n) is 5.39. The van der Waals surface area contributed by atoms with Gasteiger partial charge in [0.2, 0.25) is 0 Å². The van der Waals surface area contributed by atoms with Crippen LogP contribution in [0.2, 0.25) is 10.0 Å². The van der Waals surface area contributed by atoms with Crippen molar-refractivity contribution in [1.82, 2.24) is 19.7 Å². The van der Waals surface area contributed by atoms with Gasteiger partial charge < -0.3 is 14.5 Å². The molecule has 0 atom stereocenters. The number of hydrogen-bond acceptors (Lipinski definition) is 7. The SMILES string of the molecule is CC(C)(C)OC(=O)N1CC(N2CCCc3cc(Cl)cc(-c4ccnc5cc(Cn6ncc(Cl)cc6=O)sc45)c32)C1. The van der Waals surface area contributed by atoms with Crippen LogP contribution in [0.1, 0.15) is 37.6 Å². The molecule has 208 valence electrons. The number of hydrogen-bond donors (Lipinski definition) is 0. The molecule has 2 aliphatic rings. The van der Waals surface area contributed by atoms with Crippen LogP contribution >= 0.6 is 34.5 Å². The second kappa shape index (κ2) is 10.4. The van der Waals surface area contributed by atoms with E-state index < -0.39 is 5.60 Å². The van der Waals surface area contributed by atoms with Crippen molar-refractivity contribution in [2.24, 2.45) is 0 Å². The average Bonchev–Trinajstić information content (AvgIpc) is 3.26. The number of fused-ring (bicyclic) bond motifs is 2. The fraction of sp³-hybridized carbons (Fsp3) is 0.379. The molecule has 4 aromatic rings. The molecule has 5 heterocycles. The predicted molar refractivity (Wildman–Crippen MR) is 160 cm³/mol. The van der Waals surface area contributed by atoms with Gasteiger partial charge in [0.25, 0.3) is 5.56 Å². The number of aryl methyl sites for hydroxylation is 1. The molecule has 3 aromatic heterocycles. The monoisotopic (exact) mass is 597 g/mol. The predicted octanol–water partition coefficient (Wildman–Crippen LogP) is 6.25. The molecule has 0 aliphatic carbocycles. The number of anilines is 1. The first-order chi connectivity index (χ1) is 19.1. The number of aromatic nitrogens is 3. The average molecular weight is 599 g/mol. The molecule has 0 bridgehead atoms. The highest BCUT2D eigenvalue weighted by atomic mass is 35.5. The van der Waals surface area contributed by atoms with Crippen molar-refractivity contribution < 1.29 is 9.53 Å². The third-order valence-corrected chi connectivity index (χ3v) is 8.70. The van der Waals surface area contributed by atoms with Crippen LogP contribution in [0, 0.1) is 0 Å². The van der Waals surface area contributed by atoms with E-state index in [4.69, 9.17) is 27.9 Å². The molecular formula is C29H29Cl2N5O3S. The Morgan fingerprint density at radius 2 is 1.93 bits per heavy atom. The van der Waals surface area contributed by atoms with E-state index in [-0.39, 0.29) is 17.7 Å². The second-order valence-electron chi connectivity index (χ2n) is 11.3. The lowest BCUT2D eigenvalue weighted by Crippen LogP contribution is -2.62. The van der Waals surface area contributed by atoms with E-state index in [1.165, 1.54) is 28.2 Å². The molecule has 1 amide bonds. The Bertz CT molecular complexity index is 1670. The molecule has 0 saturated carbocycles. The third kappa shape index (κ3) is 5.30. The largest absolute Gasteiger partial charge is 0.444 e. The van der Waals surface area contributed by atoms with Crippen molar-refractivity contribution in [3.63, 3.8) is 0 Å². The number of carbonyl (C=O) groups excluding carboxylic acids is 1. The van der Waals surface area contributed by atoms with Crippen molar-refractivity contribution in [3.05, 3.63) is 73.6 Å². The number of carbonyl (C=O) groups is 1. The van der Waals surface area contributed by atoms with Crippen LogP contribution in [0.15, 0.2) is 47.5 Å². The minimum atomic E-state index is -0.520. The summed E-state index contributed by atoms with van der Waals surface area (Å²) in [5.74, 6) is 0. The number of likely N-dealkylation sites (tertiary alicyclic amines) is 1. The van der Waals surface area contributed by atoms with Gasteiger partial charge in [-0.3, -0.25) is 9.78 Å². The molecule has 1 aromatic carbocycles. The maximum Gasteiger partial charge on any atom is 0.410 e. The van der Waals surface area contributed by atoms with Gasteiger partial charge in [0.05, 0.1) is 34.0 Å². The van der Waals surface area contributed by atoms with E-state index in [2.05, 4.69) is 21.0 Å². The fourth-order valence-corrected chi connectivity index (χ4v) is 6.89. The Morgan fingerprint density at radius 3 is 2.67 bits per heavy atom. The Kier molecular flexibility index (Phi) is 7.01. The summed E-state index contributed by atoms with van der Waals surface area (Å²) in [4.78, 5) is 34.7. The summed E-state index contributed by atoms with van der Waals surface area (Å²) in [6.07, 6.45) is 4.98. The first-order valence-electron chi connectivity index (χ1n) is 13.2. The molecule has 6 rings (SSSR count). The molecule has 0 N–H and O–H groups in total. The highest BCUT2D eigenvalue weighted by molar-refractivity contribution is 7.19. The smallest absolute Gasteiger partial charge is 0.410 e. The van der Waals surface area contributed by atoms with Crippen LogP contribution < -0.4 is 10.5 Å². The van der Waals surface area contributed by atoms with Crippen LogP contribution in [-0.4, -0.2) is 57.0 Å². The molecule has 1 fully saturated rings. The van der Waals surface area contributed by atoms with E-state index in [9.17, 15) is 9.59 Å². The van der Waals surface area contributed by atoms with Crippen LogP contribution in [0.25, 0.3) is 21.3 Å². The number of nitrogens with zero attached hydrogens (tertiary/aromatic N) is 5. The molecule has 0 spiro atoms. The van der Waals surface area contributed by atoms with E-state index in [1.807, 2.05) is 45.2 Å². The third-order valence-electron chi connectivity index (χ3n) is 7.14. The molecule has 8 nitrogen and oxygen atoms in total. The summed E-state index contributed by atoms with van der Waals surface area (Å²) in [5, 5.41) is 5.18. The van der Waals surface area contributed by atoms with Gasteiger partial charge in [-0.2, -0.15) is 5.10 Å².